The molecular formula is C17H22N4O. The van der Waals surface area contributed by atoms with Gasteiger partial charge in [0.15, 0.2) is 0 Å². The van der Waals surface area contributed by atoms with E-state index in [1.807, 2.05) is 19.9 Å². The molecule has 1 amide bonds. The summed E-state index contributed by atoms with van der Waals surface area (Å²) in [6.07, 6.45) is 0.372. The van der Waals surface area contributed by atoms with Crippen LogP contribution in [0.5, 0.6) is 0 Å². The van der Waals surface area contributed by atoms with Gasteiger partial charge in [-0.15, -0.1) is 0 Å². The van der Waals surface area contributed by atoms with Crippen molar-refractivity contribution in [1.82, 2.24) is 20.4 Å². The highest BCUT2D eigenvalue weighted by Crippen LogP contribution is 2.25. The van der Waals surface area contributed by atoms with Gasteiger partial charge in [0.25, 0.3) is 0 Å². The molecule has 2 aromatic rings. The van der Waals surface area contributed by atoms with Crippen LogP contribution in [0.4, 0.5) is 0 Å². The molecule has 5 heteroatoms. The molecule has 0 saturated carbocycles. The molecule has 3 rings (SSSR count). The first-order chi connectivity index (χ1) is 10.5. The lowest BCUT2D eigenvalue weighted by atomic mass is 9.95. The Labute approximate surface area is 130 Å². The van der Waals surface area contributed by atoms with Gasteiger partial charge in [0, 0.05) is 24.3 Å². The summed E-state index contributed by atoms with van der Waals surface area (Å²) in [5.74, 6) is 0.0442. The molecule has 1 unspecified atom stereocenters. The molecule has 5 nitrogen and oxygen atoms in total. The van der Waals surface area contributed by atoms with Crippen LogP contribution < -0.4 is 5.32 Å². The van der Waals surface area contributed by atoms with E-state index in [0.717, 1.165) is 30.0 Å². The third-order valence-corrected chi connectivity index (χ3v) is 4.32. The molecule has 0 saturated heterocycles. The fraction of sp³-hybridized carbons (Fsp3) is 0.412. The van der Waals surface area contributed by atoms with Crippen molar-refractivity contribution in [3.8, 4) is 0 Å². The second-order valence-corrected chi connectivity index (χ2v) is 6.11. The number of nitrogens with one attached hydrogen (secondary N) is 2. The molecule has 1 aromatic heterocycles. The van der Waals surface area contributed by atoms with Gasteiger partial charge in [-0.3, -0.25) is 14.8 Å². The third kappa shape index (κ3) is 2.90. The van der Waals surface area contributed by atoms with Crippen molar-refractivity contribution in [1.29, 1.82) is 0 Å². The van der Waals surface area contributed by atoms with Gasteiger partial charge in [0.05, 0.1) is 18.2 Å². The van der Waals surface area contributed by atoms with Crippen molar-refractivity contribution >= 4 is 5.91 Å². The molecule has 0 radical (unpaired) electrons. The predicted molar refractivity (Wildman–Crippen MR) is 85.4 cm³/mol. The number of aromatic nitrogens is 2. The van der Waals surface area contributed by atoms with E-state index in [-0.39, 0.29) is 11.9 Å². The molecule has 0 aliphatic carbocycles. The first kappa shape index (κ1) is 14.8. The number of carbonyl (C=O) groups excluding carboxylic acids is 1. The van der Waals surface area contributed by atoms with E-state index in [2.05, 4.69) is 45.7 Å². The van der Waals surface area contributed by atoms with Gasteiger partial charge in [-0.05, 0) is 32.0 Å². The Morgan fingerprint density at radius 3 is 2.91 bits per heavy atom. The molecule has 1 aliphatic rings. The molecule has 2 heterocycles. The van der Waals surface area contributed by atoms with Crippen LogP contribution in [0.25, 0.3) is 0 Å². The standard InChI is InChI=1S/C17H22N4O/c1-11-15(12(2)20-19-11)8-17(22)18-16-10-21(3)9-13-6-4-5-7-14(13)16/h4-7,16H,8-10H2,1-3H3,(H,18,22)(H,19,20). The van der Waals surface area contributed by atoms with E-state index < -0.39 is 0 Å². The summed E-state index contributed by atoms with van der Waals surface area (Å²) in [6, 6.07) is 8.38. The number of carbonyl (C=O) groups is 1. The van der Waals surface area contributed by atoms with Crippen molar-refractivity contribution in [2.45, 2.75) is 32.9 Å². The quantitative estimate of drug-likeness (QED) is 0.909. The smallest absolute Gasteiger partial charge is 0.225 e. The van der Waals surface area contributed by atoms with E-state index in [1.54, 1.807) is 0 Å². The first-order valence-electron chi connectivity index (χ1n) is 7.60. The fourth-order valence-corrected chi connectivity index (χ4v) is 3.15. The summed E-state index contributed by atoms with van der Waals surface area (Å²) in [4.78, 5) is 14.7. The van der Waals surface area contributed by atoms with Crippen molar-refractivity contribution in [2.75, 3.05) is 13.6 Å². The fourth-order valence-electron chi connectivity index (χ4n) is 3.15. The van der Waals surface area contributed by atoms with Gasteiger partial charge in [-0.2, -0.15) is 5.10 Å². The van der Waals surface area contributed by atoms with Crippen LogP contribution in [0.2, 0.25) is 0 Å². The Bertz CT molecular complexity index is 672. The molecule has 22 heavy (non-hydrogen) atoms. The van der Waals surface area contributed by atoms with Gasteiger partial charge in [-0.25, -0.2) is 0 Å². The second kappa shape index (κ2) is 5.93. The highest BCUT2D eigenvalue weighted by molar-refractivity contribution is 5.79. The van der Waals surface area contributed by atoms with Gasteiger partial charge in [-0.1, -0.05) is 24.3 Å². The number of aromatic amines is 1. The van der Waals surface area contributed by atoms with Crippen molar-refractivity contribution in [3.63, 3.8) is 0 Å². The maximum Gasteiger partial charge on any atom is 0.225 e. The van der Waals surface area contributed by atoms with Crippen LogP contribution in [0.15, 0.2) is 24.3 Å². The van der Waals surface area contributed by atoms with Gasteiger partial charge < -0.3 is 5.32 Å². The third-order valence-electron chi connectivity index (χ3n) is 4.32. The number of benzene rings is 1. The number of likely N-dealkylation sites (N-methyl/N-ethyl adjacent to an activating group) is 1. The van der Waals surface area contributed by atoms with Crippen molar-refractivity contribution in [2.24, 2.45) is 0 Å². The SMILES string of the molecule is Cc1n[nH]c(C)c1CC(=O)NC1CN(C)Cc2ccccc21. The van der Waals surface area contributed by atoms with E-state index in [1.165, 1.54) is 11.1 Å². The Morgan fingerprint density at radius 2 is 2.18 bits per heavy atom. The Kier molecular flexibility index (Phi) is 3.98. The minimum Gasteiger partial charge on any atom is -0.348 e. The van der Waals surface area contributed by atoms with Gasteiger partial charge in [0.2, 0.25) is 5.91 Å². The van der Waals surface area contributed by atoms with E-state index in [0.29, 0.717) is 6.42 Å². The zero-order chi connectivity index (χ0) is 15.7. The average Bonchev–Trinajstić information content (AvgIpc) is 2.79. The predicted octanol–water partition coefficient (Wildman–Crippen LogP) is 1.87. The van der Waals surface area contributed by atoms with Crippen molar-refractivity contribution < 1.29 is 4.79 Å². The maximum atomic E-state index is 12.4. The summed E-state index contributed by atoms with van der Waals surface area (Å²) >= 11 is 0. The Balaban J connectivity index is 1.74. The molecule has 1 aliphatic heterocycles. The Morgan fingerprint density at radius 1 is 1.41 bits per heavy atom. The molecule has 0 spiro atoms. The summed E-state index contributed by atoms with van der Waals surface area (Å²) in [6.45, 7) is 5.65. The lowest BCUT2D eigenvalue weighted by Crippen LogP contribution is -2.40. The van der Waals surface area contributed by atoms with Crippen LogP contribution in [0.3, 0.4) is 0 Å². The molecule has 0 fully saturated rings. The number of rotatable bonds is 3. The average molecular weight is 298 g/mol. The zero-order valence-electron chi connectivity index (χ0n) is 13.3. The van der Waals surface area contributed by atoms with E-state index in [4.69, 9.17) is 0 Å². The van der Waals surface area contributed by atoms with E-state index in [9.17, 15) is 4.79 Å². The lowest BCUT2D eigenvalue weighted by molar-refractivity contribution is -0.121. The Hall–Kier alpha value is -2.14. The normalized spacial score (nSPS) is 18.0. The summed E-state index contributed by atoms with van der Waals surface area (Å²) in [5.41, 5.74) is 5.38. The highest BCUT2D eigenvalue weighted by Gasteiger charge is 2.24. The topological polar surface area (TPSA) is 61.0 Å². The first-order valence-corrected chi connectivity index (χ1v) is 7.60. The van der Waals surface area contributed by atoms with Gasteiger partial charge >= 0.3 is 0 Å². The molecule has 116 valence electrons. The number of H-pyrrole nitrogens is 1. The van der Waals surface area contributed by atoms with Crippen molar-refractivity contribution in [3.05, 3.63) is 52.3 Å². The largest absolute Gasteiger partial charge is 0.348 e. The number of hydrogen-bond acceptors (Lipinski definition) is 3. The molecule has 1 aromatic carbocycles. The maximum absolute atomic E-state index is 12.4. The molecule has 1 atom stereocenters. The summed E-state index contributed by atoms with van der Waals surface area (Å²) in [7, 11) is 2.08. The number of nitrogens with zero attached hydrogens (tertiary/aromatic N) is 2. The number of amides is 1. The molecule has 0 bridgehead atoms. The minimum absolute atomic E-state index is 0.0442. The number of hydrogen-bond donors (Lipinski definition) is 2. The van der Waals surface area contributed by atoms with Crippen LogP contribution in [-0.4, -0.2) is 34.6 Å². The second-order valence-electron chi connectivity index (χ2n) is 6.11. The van der Waals surface area contributed by atoms with E-state index >= 15 is 0 Å². The summed E-state index contributed by atoms with van der Waals surface area (Å²) in [5, 5.41) is 10.3. The van der Waals surface area contributed by atoms with Crippen LogP contribution in [0.1, 0.15) is 34.1 Å². The number of aryl methyl sites for hydroxylation is 2. The van der Waals surface area contributed by atoms with Gasteiger partial charge in [0.1, 0.15) is 0 Å². The van der Waals surface area contributed by atoms with Crippen LogP contribution >= 0.6 is 0 Å². The monoisotopic (exact) mass is 298 g/mol. The number of fused-ring (bicyclic) bond motifs is 1. The zero-order valence-corrected chi connectivity index (χ0v) is 13.3. The molecule has 2 N–H and O–H groups in total. The lowest BCUT2D eigenvalue weighted by Gasteiger charge is -2.32. The van der Waals surface area contributed by atoms with Crippen LogP contribution in [0, 0.1) is 13.8 Å². The molecular weight excluding hydrogens is 276 g/mol. The minimum atomic E-state index is 0.0442. The van der Waals surface area contributed by atoms with Crippen LogP contribution in [-0.2, 0) is 17.8 Å². The highest BCUT2D eigenvalue weighted by atomic mass is 16.1. The summed E-state index contributed by atoms with van der Waals surface area (Å²) < 4.78 is 0.